The van der Waals surface area contributed by atoms with Crippen LogP contribution in [-0.4, -0.2) is 27.6 Å². The molecule has 2 atom stereocenters. The standard InChI is InChI=1S/C21H29N5/c22-19-18-5-11-26(20(18)25-14-24-19)17-4-3-15(13-17)12-16-2-1-6-21(16)7-9-23-10-8-21/h5,11-12,14-15,17,23H,1-4,6-10,13H2,(H2,22,24,25)/b16-12+/t15-,17?/m0/s1. The van der Waals surface area contributed by atoms with Crippen LogP contribution in [-0.2, 0) is 0 Å². The predicted octanol–water partition coefficient (Wildman–Crippen LogP) is 3.83. The average Bonchev–Trinajstić information content (AvgIpc) is 3.36. The maximum atomic E-state index is 6.00. The molecule has 0 amide bonds. The van der Waals surface area contributed by atoms with Crippen molar-refractivity contribution in [3.8, 4) is 0 Å². The van der Waals surface area contributed by atoms with Crippen LogP contribution in [0.15, 0.2) is 30.2 Å². The second-order valence-electron chi connectivity index (χ2n) is 8.52. The summed E-state index contributed by atoms with van der Waals surface area (Å²) >= 11 is 0. The number of piperidine rings is 1. The SMILES string of the molecule is Nc1ncnc2c1ccn2C1CC[C@@H](/C=C2\CCCC23CCNCC3)C1. The number of nitrogens with one attached hydrogen (secondary N) is 1. The molecule has 2 saturated carbocycles. The van der Waals surface area contributed by atoms with Gasteiger partial charge in [0.2, 0.25) is 0 Å². The third-order valence-electron chi connectivity index (χ3n) is 7.16. The number of allylic oxidation sites excluding steroid dienone is 2. The maximum Gasteiger partial charge on any atom is 0.145 e. The molecule has 0 bridgehead atoms. The normalized spacial score (nSPS) is 29.9. The third kappa shape index (κ3) is 2.64. The first-order chi connectivity index (χ1) is 12.8. The Hall–Kier alpha value is -1.88. The fraction of sp³-hybridized carbons (Fsp3) is 0.619. The molecule has 1 spiro atoms. The highest BCUT2D eigenvalue weighted by Crippen LogP contribution is 2.50. The number of anilines is 1. The van der Waals surface area contributed by atoms with Crippen LogP contribution in [0.25, 0.3) is 11.0 Å². The first kappa shape index (κ1) is 16.3. The van der Waals surface area contributed by atoms with Gasteiger partial charge in [0.15, 0.2) is 0 Å². The Balaban J connectivity index is 1.36. The highest BCUT2D eigenvalue weighted by Gasteiger charge is 2.39. The lowest BCUT2D eigenvalue weighted by Crippen LogP contribution is -2.36. The van der Waals surface area contributed by atoms with E-state index in [9.17, 15) is 0 Å². The van der Waals surface area contributed by atoms with Crippen LogP contribution in [0.4, 0.5) is 5.82 Å². The van der Waals surface area contributed by atoms with Crippen molar-refractivity contribution < 1.29 is 0 Å². The molecule has 0 radical (unpaired) electrons. The average molecular weight is 351 g/mol. The van der Waals surface area contributed by atoms with Gasteiger partial charge in [0.25, 0.3) is 0 Å². The zero-order valence-electron chi connectivity index (χ0n) is 15.5. The number of fused-ring (bicyclic) bond motifs is 1. The lowest BCUT2D eigenvalue weighted by molar-refractivity contribution is 0.259. The highest BCUT2D eigenvalue weighted by molar-refractivity contribution is 5.86. The van der Waals surface area contributed by atoms with Crippen molar-refractivity contribution in [1.82, 2.24) is 19.9 Å². The van der Waals surface area contributed by atoms with E-state index >= 15 is 0 Å². The van der Waals surface area contributed by atoms with E-state index in [0.29, 0.717) is 17.3 Å². The Morgan fingerprint density at radius 3 is 2.96 bits per heavy atom. The van der Waals surface area contributed by atoms with Crippen LogP contribution < -0.4 is 11.1 Å². The van der Waals surface area contributed by atoms with Gasteiger partial charge >= 0.3 is 0 Å². The minimum atomic E-state index is 0.533. The van der Waals surface area contributed by atoms with E-state index in [1.54, 1.807) is 11.9 Å². The second-order valence-corrected chi connectivity index (χ2v) is 8.52. The number of nitrogens with zero attached hydrogens (tertiary/aromatic N) is 3. The third-order valence-corrected chi connectivity index (χ3v) is 7.16. The van der Waals surface area contributed by atoms with Gasteiger partial charge in [-0.15, -0.1) is 0 Å². The predicted molar refractivity (Wildman–Crippen MR) is 105 cm³/mol. The maximum absolute atomic E-state index is 6.00. The van der Waals surface area contributed by atoms with Gasteiger partial charge in [0.05, 0.1) is 5.39 Å². The van der Waals surface area contributed by atoms with E-state index in [1.165, 1.54) is 64.5 Å². The van der Waals surface area contributed by atoms with E-state index in [1.807, 2.05) is 0 Å². The van der Waals surface area contributed by atoms with Crippen molar-refractivity contribution in [3.63, 3.8) is 0 Å². The van der Waals surface area contributed by atoms with Crippen molar-refractivity contribution in [2.24, 2.45) is 11.3 Å². The van der Waals surface area contributed by atoms with Crippen molar-refractivity contribution in [3.05, 3.63) is 30.2 Å². The Morgan fingerprint density at radius 2 is 2.08 bits per heavy atom. The topological polar surface area (TPSA) is 68.8 Å². The van der Waals surface area contributed by atoms with Gasteiger partial charge in [0.1, 0.15) is 17.8 Å². The van der Waals surface area contributed by atoms with Crippen molar-refractivity contribution in [1.29, 1.82) is 0 Å². The molecule has 2 aromatic rings. The molecule has 1 saturated heterocycles. The molecular weight excluding hydrogens is 322 g/mol. The van der Waals surface area contributed by atoms with E-state index in [4.69, 9.17) is 5.73 Å². The zero-order valence-corrected chi connectivity index (χ0v) is 15.5. The number of hydrogen-bond donors (Lipinski definition) is 2. The summed E-state index contributed by atoms with van der Waals surface area (Å²) in [4.78, 5) is 8.61. The van der Waals surface area contributed by atoms with E-state index in [-0.39, 0.29) is 0 Å². The molecule has 26 heavy (non-hydrogen) atoms. The smallest absolute Gasteiger partial charge is 0.145 e. The monoisotopic (exact) mass is 351 g/mol. The van der Waals surface area contributed by atoms with E-state index < -0.39 is 0 Å². The lowest BCUT2D eigenvalue weighted by Gasteiger charge is -2.36. The zero-order chi connectivity index (χ0) is 17.6. The summed E-state index contributed by atoms with van der Waals surface area (Å²) in [6.07, 6.45) is 17.0. The molecule has 0 aromatic carbocycles. The van der Waals surface area contributed by atoms with Gasteiger partial charge in [-0.25, -0.2) is 9.97 Å². The summed E-state index contributed by atoms with van der Waals surface area (Å²) in [5.41, 5.74) is 9.32. The molecule has 3 N–H and O–H groups in total. The van der Waals surface area contributed by atoms with Crippen molar-refractivity contribution in [2.45, 2.75) is 57.4 Å². The molecule has 5 rings (SSSR count). The van der Waals surface area contributed by atoms with Gasteiger partial charge in [0, 0.05) is 12.2 Å². The molecule has 3 aliphatic rings. The van der Waals surface area contributed by atoms with Gasteiger partial charge in [-0.3, -0.25) is 0 Å². The molecule has 1 unspecified atom stereocenters. The quantitative estimate of drug-likeness (QED) is 0.807. The summed E-state index contributed by atoms with van der Waals surface area (Å²) < 4.78 is 2.33. The number of rotatable bonds is 2. The molecule has 5 nitrogen and oxygen atoms in total. The fourth-order valence-corrected chi connectivity index (χ4v) is 5.74. The Bertz CT molecular complexity index is 830. The van der Waals surface area contributed by atoms with E-state index in [2.05, 4.69) is 38.2 Å². The summed E-state index contributed by atoms with van der Waals surface area (Å²) in [5.74, 6) is 1.31. The minimum absolute atomic E-state index is 0.533. The minimum Gasteiger partial charge on any atom is -0.383 e. The molecule has 1 aliphatic heterocycles. The molecular formula is C21H29N5. The Labute approximate surface area is 155 Å². The molecule has 3 fully saturated rings. The van der Waals surface area contributed by atoms with Crippen molar-refractivity contribution >= 4 is 16.9 Å². The van der Waals surface area contributed by atoms with Crippen LogP contribution in [0.2, 0.25) is 0 Å². The summed E-state index contributed by atoms with van der Waals surface area (Å²) in [7, 11) is 0. The first-order valence-corrected chi connectivity index (χ1v) is 10.2. The van der Waals surface area contributed by atoms with Crippen LogP contribution in [0, 0.1) is 11.3 Å². The fourth-order valence-electron chi connectivity index (χ4n) is 5.74. The Kier molecular flexibility index (Phi) is 4.00. The molecule has 3 heterocycles. The number of hydrogen-bond acceptors (Lipinski definition) is 4. The van der Waals surface area contributed by atoms with Gasteiger partial charge in [-0.2, -0.15) is 0 Å². The summed E-state index contributed by atoms with van der Waals surface area (Å²) in [5, 5.41) is 4.53. The van der Waals surface area contributed by atoms with Crippen LogP contribution in [0.3, 0.4) is 0 Å². The van der Waals surface area contributed by atoms with E-state index in [0.717, 1.165) is 17.0 Å². The lowest BCUT2D eigenvalue weighted by atomic mass is 9.73. The molecule has 2 aromatic heterocycles. The number of aromatic nitrogens is 3. The Morgan fingerprint density at radius 1 is 1.19 bits per heavy atom. The largest absolute Gasteiger partial charge is 0.383 e. The second kappa shape index (κ2) is 6.38. The molecule has 2 aliphatic carbocycles. The van der Waals surface area contributed by atoms with Crippen LogP contribution in [0.5, 0.6) is 0 Å². The first-order valence-electron chi connectivity index (χ1n) is 10.2. The highest BCUT2D eigenvalue weighted by atomic mass is 15.1. The molecule has 5 heteroatoms. The molecule has 138 valence electrons. The van der Waals surface area contributed by atoms with Crippen LogP contribution in [0.1, 0.15) is 57.4 Å². The van der Waals surface area contributed by atoms with Gasteiger partial charge in [-0.1, -0.05) is 11.6 Å². The van der Waals surface area contributed by atoms with Crippen LogP contribution >= 0.6 is 0 Å². The van der Waals surface area contributed by atoms with Crippen molar-refractivity contribution in [2.75, 3.05) is 18.8 Å². The number of nitrogens with two attached hydrogens (primary N) is 1. The van der Waals surface area contributed by atoms with Gasteiger partial charge < -0.3 is 15.6 Å². The van der Waals surface area contributed by atoms with Gasteiger partial charge in [-0.05, 0) is 81.9 Å². The summed E-state index contributed by atoms with van der Waals surface area (Å²) in [6.45, 7) is 2.39. The summed E-state index contributed by atoms with van der Waals surface area (Å²) in [6, 6.07) is 2.60. The number of nitrogen functional groups attached to an aromatic ring is 1.